The third-order valence-corrected chi connectivity index (χ3v) is 4.77. The lowest BCUT2D eigenvalue weighted by Crippen LogP contribution is -2.39. The number of nitrogens with zero attached hydrogens (tertiary/aromatic N) is 2. The maximum Gasteiger partial charge on any atom is 0.231 e. The largest absolute Gasteiger partial charge is 0.454 e. The fourth-order valence-corrected chi connectivity index (χ4v) is 3.33. The average molecular weight is 504 g/mol. The van der Waals surface area contributed by atoms with Gasteiger partial charge in [-0.25, -0.2) is 0 Å². The van der Waals surface area contributed by atoms with Gasteiger partial charge >= 0.3 is 0 Å². The van der Waals surface area contributed by atoms with E-state index in [0.29, 0.717) is 6.79 Å². The van der Waals surface area contributed by atoms with E-state index in [0.717, 1.165) is 48.9 Å². The summed E-state index contributed by atoms with van der Waals surface area (Å²) < 4.78 is 10.8. The molecule has 0 aliphatic carbocycles. The Hall–Kier alpha value is -2.55. The summed E-state index contributed by atoms with van der Waals surface area (Å²) in [6.07, 6.45) is 3.61. The molecule has 2 heterocycles. The highest BCUT2D eigenvalue weighted by molar-refractivity contribution is 14.0. The van der Waals surface area contributed by atoms with Gasteiger partial charge in [-0.1, -0.05) is 30.3 Å². The third kappa shape index (κ3) is 5.29. The molecule has 0 saturated heterocycles. The van der Waals surface area contributed by atoms with Gasteiger partial charge in [-0.05, 0) is 42.2 Å². The van der Waals surface area contributed by atoms with E-state index in [2.05, 4.69) is 50.9 Å². The van der Waals surface area contributed by atoms with Crippen LogP contribution in [0, 0.1) is 0 Å². The zero-order valence-electron chi connectivity index (χ0n) is 16.4. The Balaban J connectivity index is 0.00000240. The summed E-state index contributed by atoms with van der Waals surface area (Å²) in [4.78, 5) is 8.82. The van der Waals surface area contributed by atoms with E-state index in [1.165, 1.54) is 16.5 Å². The quantitative estimate of drug-likeness (QED) is 0.306. The van der Waals surface area contributed by atoms with Crippen LogP contribution in [0.25, 0.3) is 10.9 Å². The summed E-state index contributed by atoms with van der Waals surface area (Å²) in [6.45, 7) is 1.88. The van der Waals surface area contributed by atoms with Crippen LogP contribution in [0.3, 0.4) is 0 Å². The highest BCUT2D eigenvalue weighted by Gasteiger charge is 2.13. The SMILES string of the molecule is CN=C(NCCc1ccc2c(c1)OCO2)NCCc1cccc2cccnc12.I. The molecule has 1 aromatic heterocycles. The van der Waals surface area contributed by atoms with Crippen molar-refractivity contribution in [2.24, 2.45) is 4.99 Å². The zero-order chi connectivity index (χ0) is 19.2. The molecular weight excluding hydrogens is 479 g/mol. The predicted octanol–water partition coefficient (Wildman–Crippen LogP) is 3.53. The fraction of sp³-hybridized carbons (Fsp3) is 0.273. The average Bonchev–Trinajstić information content (AvgIpc) is 3.20. The van der Waals surface area contributed by atoms with Crippen LogP contribution in [-0.4, -0.2) is 37.9 Å². The van der Waals surface area contributed by atoms with Gasteiger partial charge in [-0.2, -0.15) is 0 Å². The molecule has 0 atom stereocenters. The summed E-state index contributed by atoms with van der Waals surface area (Å²) in [5, 5.41) is 7.91. The molecule has 0 saturated carbocycles. The first-order valence-electron chi connectivity index (χ1n) is 9.49. The molecule has 3 aromatic rings. The molecule has 7 heteroatoms. The maximum absolute atomic E-state index is 5.43. The number of para-hydroxylation sites is 1. The molecule has 29 heavy (non-hydrogen) atoms. The van der Waals surface area contributed by atoms with E-state index in [4.69, 9.17) is 9.47 Å². The van der Waals surface area contributed by atoms with Crippen LogP contribution in [0.1, 0.15) is 11.1 Å². The molecule has 0 spiro atoms. The van der Waals surface area contributed by atoms with E-state index < -0.39 is 0 Å². The standard InChI is InChI=1S/C22H24N4O2.HI/c1-23-22(25-12-9-16-7-8-19-20(14-16)28-15-27-19)26-13-10-18-5-2-4-17-6-3-11-24-21(17)18;/h2-8,11,14H,9-10,12-13,15H2,1H3,(H2,23,25,26);1H. The van der Waals surface area contributed by atoms with Gasteiger partial charge in [0.15, 0.2) is 17.5 Å². The molecular formula is C22H25IN4O2. The molecule has 0 bridgehead atoms. The first-order valence-corrected chi connectivity index (χ1v) is 9.49. The molecule has 0 amide bonds. The van der Waals surface area contributed by atoms with Crippen molar-refractivity contribution in [3.05, 3.63) is 65.9 Å². The van der Waals surface area contributed by atoms with Crippen LogP contribution in [0.2, 0.25) is 0 Å². The van der Waals surface area contributed by atoms with E-state index in [-0.39, 0.29) is 24.0 Å². The molecule has 1 aliphatic heterocycles. The Bertz CT molecular complexity index is 988. The summed E-state index contributed by atoms with van der Waals surface area (Å²) >= 11 is 0. The van der Waals surface area contributed by atoms with Crippen molar-refractivity contribution >= 4 is 40.8 Å². The van der Waals surface area contributed by atoms with Crippen molar-refractivity contribution < 1.29 is 9.47 Å². The van der Waals surface area contributed by atoms with Gasteiger partial charge in [0.05, 0.1) is 5.52 Å². The second-order valence-corrected chi connectivity index (χ2v) is 6.61. The lowest BCUT2D eigenvalue weighted by Gasteiger charge is -2.12. The van der Waals surface area contributed by atoms with Gasteiger partial charge in [0.2, 0.25) is 6.79 Å². The number of rotatable bonds is 6. The molecule has 1 aliphatic rings. The van der Waals surface area contributed by atoms with Crippen LogP contribution in [0.15, 0.2) is 59.7 Å². The number of benzene rings is 2. The minimum Gasteiger partial charge on any atom is -0.454 e. The van der Waals surface area contributed by atoms with E-state index in [1.54, 1.807) is 7.05 Å². The maximum atomic E-state index is 5.43. The van der Waals surface area contributed by atoms with Crippen LogP contribution < -0.4 is 20.1 Å². The molecule has 2 aromatic carbocycles. The fourth-order valence-electron chi connectivity index (χ4n) is 3.33. The van der Waals surface area contributed by atoms with Crippen molar-refractivity contribution in [1.29, 1.82) is 0 Å². The molecule has 0 unspecified atom stereocenters. The Morgan fingerprint density at radius 2 is 1.79 bits per heavy atom. The number of guanidine groups is 1. The zero-order valence-corrected chi connectivity index (χ0v) is 18.7. The lowest BCUT2D eigenvalue weighted by atomic mass is 10.1. The summed E-state index contributed by atoms with van der Waals surface area (Å²) in [5.74, 6) is 2.44. The van der Waals surface area contributed by atoms with E-state index in [1.807, 2.05) is 24.4 Å². The Morgan fingerprint density at radius 1 is 1.00 bits per heavy atom. The second-order valence-electron chi connectivity index (χ2n) is 6.61. The number of ether oxygens (including phenoxy) is 2. The number of nitrogens with one attached hydrogen (secondary N) is 2. The van der Waals surface area contributed by atoms with Crippen LogP contribution >= 0.6 is 24.0 Å². The molecule has 6 nitrogen and oxygen atoms in total. The molecule has 2 N–H and O–H groups in total. The first-order chi connectivity index (χ1) is 13.8. The van der Waals surface area contributed by atoms with Crippen molar-refractivity contribution in [3.8, 4) is 11.5 Å². The number of pyridine rings is 1. The number of hydrogen-bond donors (Lipinski definition) is 2. The lowest BCUT2D eigenvalue weighted by molar-refractivity contribution is 0.174. The normalized spacial score (nSPS) is 12.5. The van der Waals surface area contributed by atoms with Gasteiger partial charge < -0.3 is 20.1 Å². The van der Waals surface area contributed by atoms with E-state index in [9.17, 15) is 0 Å². The molecule has 4 rings (SSSR count). The monoisotopic (exact) mass is 504 g/mol. The number of aromatic nitrogens is 1. The summed E-state index contributed by atoms with van der Waals surface area (Å²) in [6, 6.07) is 16.4. The van der Waals surface area contributed by atoms with Crippen LogP contribution in [0.5, 0.6) is 11.5 Å². The van der Waals surface area contributed by atoms with Crippen molar-refractivity contribution in [3.63, 3.8) is 0 Å². The number of fused-ring (bicyclic) bond motifs is 2. The topological polar surface area (TPSA) is 67.8 Å². The minimum atomic E-state index is 0. The summed E-state index contributed by atoms with van der Waals surface area (Å²) in [7, 11) is 1.79. The van der Waals surface area contributed by atoms with Crippen molar-refractivity contribution in [2.75, 3.05) is 26.9 Å². The Labute approximate surface area is 187 Å². The Kier molecular flexibility index (Phi) is 7.51. The molecule has 0 radical (unpaired) electrons. The van der Waals surface area contributed by atoms with Crippen molar-refractivity contribution in [2.45, 2.75) is 12.8 Å². The Morgan fingerprint density at radius 3 is 2.66 bits per heavy atom. The van der Waals surface area contributed by atoms with Gasteiger partial charge in [0, 0.05) is 31.7 Å². The highest BCUT2D eigenvalue weighted by atomic mass is 127. The van der Waals surface area contributed by atoms with Gasteiger partial charge in [-0.3, -0.25) is 9.98 Å². The number of halogens is 1. The minimum absolute atomic E-state index is 0. The van der Waals surface area contributed by atoms with Gasteiger partial charge in [0.25, 0.3) is 0 Å². The van der Waals surface area contributed by atoms with Crippen LogP contribution in [0.4, 0.5) is 0 Å². The van der Waals surface area contributed by atoms with Crippen LogP contribution in [-0.2, 0) is 12.8 Å². The third-order valence-electron chi connectivity index (χ3n) is 4.77. The van der Waals surface area contributed by atoms with E-state index >= 15 is 0 Å². The first kappa shape index (κ1) is 21.2. The predicted molar refractivity (Wildman–Crippen MR) is 126 cm³/mol. The summed E-state index contributed by atoms with van der Waals surface area (Å²) in [5.41, 5.74) is 3.51. The smallest absolute Gasteiger partial charge is 0.231 e. The second kappa shape index (κ2) is 10.3. The molecule has 0 fully saturated rings. The number of aliphatic imine (C=N–C) groups is 1. The van der Waals surface area contributed by atoms with Crippen molar-refractivity contribution in [1.82, 2.24) is 15.6 Å². The highest BCUT2D eigenvalue weighted by Crippen LogP contribution is 2.32. The van der Waals surface area contributed by atoms with Gasteiger partial charge in [-0.15, -0.1) is 24.0 Å². The molecule has 152 valence electrons. The number of hydrogen-bond acceptors (Lipinski definition) is 4. The van der Waals surface area contributed by atoms with Gasteiger partial charge in [0.1, 0.15) is 0 Å².